The summed E-state index contributed by atoms with van der Waals surface area (Å²) in [6.45, 7) is 3.08. The highest BCUT2D eigenvalue weighted by molar-refractivity contribution is 9.11. The molecule has 2 heterocycles. The van der Waals surface area contributed by atoms with Gasteiger partial charge in [-0.1, -0.05) is 0 Å². The summed E-state index contributed by atoms with van der Waals surface area (Å²) < 4.78 is 3.13. The lowest BCUT2D eigenvalue weighted by Gasteiger charge is -2.01. The zero-order valence-corrected chi connectivity index (χ0v) is 12.7. The zero-order valence-electron chi connectivity index (χ0n) is 10.2. The van der Waals surface area contributed by atoms with Crippen molar-refractivity contribution < 1.29 is 0 Å². The van der Waals surface area contributed by atoms with E-state index in [2.05, 4.69) is 45.4 Å². The van der Waals surface area contributed by atoms with Gasteiger partial charge in [-0.3, -0.25) is 4.68 Å². The summed E-state index contributed by atoms with van der Waals surface area (Å²) in [7, 11) is 3.97. The number of halogens is 1. The first-order valence-electron chi connectivity index (χ1n) is 5.56. The Labute approximate surface area is 114 Å². The highest BCUT2D eigenvalue weighted by Crippen LogP contribution is 2.35. The Balaban J connectivity index is 2.43. The van der Waals surface area contributed by atoms with Crippen LogP contribution >= 0.6 is 27.3 Å². The van der Waals surface area contributed by atoms with E-state index < -0.39 is 0 Å². The van der Waals surface area contributed by atoms with E-state index in [1.807, 2.05) is 18.8 Å². The van der Waals surface area contributed by atoms with Crippen molar-refractivity contribution in [3.63, 3.8) is 0 Å². The van der Waals surface area contributed by atoms with Crippen LogP contribution in [0.25, 0.3) is 10.4 Å². The average molecular weight is 314 g/mol. The number of nitrogens with zero attached hydrogens (tertiary/aromatic N) is 2. The molecule has 2 rings (SSSR count). The van der Waals surface area contributed by atoms with Crippen LogP contribution in [0.5, 0.6) is 0 Å². The van der Waals surface area contributed by atoms with Crippen LogP contribution in [0.4, 0.5) is 0 Å². The Morgan fingerprint density at radius 3 is 2.82 bits per heavy atom. The second-order valence-corrected chi connectivity index (χ2v) is 6.45. The average Bonchev–Trinajstić information content (AvgIpc) is 2.82. The van der Waals surface area contributed by atoms with Gasteiger partial charge in [0.2, 0.25) is 0 Å². The quantitative estimate of drug-likeness (QED) is 0.940. The molecule has 0 radical (unpaired) electrons. The molecule has 0 unspecified atom stereocenters. The van der Waals surface area contributed by atoms with Crippen LogP contribution in [0.3, 0.4) is 0 Å². The van der Waals surface area contributed by atoms with Crippen LogP contribution in [0.1, 0.15) is 11.4 Å². The fourth-order valence-electron chi connectivity index (χ4n) is 1.86. The second-order valence-electron chi connectivity index (χ2n) is 3.99. The summed E-state index contributed by atoms with van der Waals surface area (Å²) in [5.74, 6) is 0. The summed E-state index contributed by atoms with van der Waals surface area (Å²) in [6.07, 6.45) is 0.961. The molecule has 0 aliphatic carbocycles. The Morgan fingerprint density at radius 1 is 1.47 bits per heavy atom. The highest BCUT2D eigenvalue weighted by atomic mass is 79.9. The Bertz CT molecular complexity index is 516. The second kappa shape index (κ2) is 5.33. The monoisotopic (exact) mass is 313 g/mol. The van der Waals surface area contributed by atoms with Crippen molar-refractivity contribution >= 4 is 27.3 Å². The van der Waals surface area contributed by atoms with Crippen molar-refractivity contribution in [2.24, 2.45) is 7.05 Å². The molecule has 0 aliphatic heterocycles. The van der Waals surface area contributed by atoms with Gasteiger partial charge in [-0.25, -0.2) is 0 Å². The molecule has 0 atom stereocenters. The lowest BCUT2D eigenvalue weighted by Crippen LogP contribution is -2.11. The van der Waals surface area contributed by atoms with Gasteiger partial charge in [0.05, 0.1) is 9.48 Å². The lowest BCUT2D eigenvalue weighted by atomic mass is 10.1. The van der Waals surface area contributed by atoms with Crippen LogP contribution < -0.4 is 5.32 Å². The number of hydrogen-bond acceptors (Lipinski definition) is 3. The SMILES string of the molecule is CNCCc1nn(C)c(C)c1-c1ccc(Br)s1. The molecule has 17 heavy (non-hydrogen) atoms. The fourth-order valence-corrected chi connectivity index (χ4v) is 3.37. The number of hydrogen-bond donors (Lipinski definition) is 1. The minimum absolute atomic E-state index is 0.954. The van der Waals surface area contributed by atoms with Crippen molar-refractivity contribution in [2.45, 2.75) is 13.3 Å². The largest absolute Gasteiger partial charge is 0.319 e. The van der Waals surface area contributed by atoms with Crippen molar-refractivity contribution in [3.05, 3.63) is 27.3 Å². The normalized spacial score (nSPS) is 11.1. The van der Waals surface area contributed by atoms with E-state index in [1.54, 1.807) is 11.3 Å². The fraction of sp³-hybridized carbons (Fsp3) is 0.417. The molecule has 3 nitrogen and oxygen atoms in total. The van der Waals surface area contributed by atoms with E-state index in [0.717, 1.165) is 16.8 Å². The predicted octanol–water partition coefficient (Wildman–Crippen LogP) is 2.98. The molecule has 5 heteroatoms. The molecule has 0 bridgehead atoms. The van der Waals surface area contributed by atoms with Gasteiger partial charge in [-0.15, -0.1) is 11.3 Å². The van der Waals surface area contributed by atoms with E-state index in [4.69, 9.17) is 0 Å². The molecular weight excluding hydrogens is 298 g/mol. The smallest absolute Gasteiger partial charge is 0.0726 e. The Hall–Kier alpha value is -0.650. The molecule has 1 N–H and O–H groups in total. The topological polar surface area (TPSA) is 29.9 Å². The molecule has 0 saturated carbocycles. The third kappa shape index (κ3) is 2.61. The molecule has 0 spiro atoms. The summed E-state index contributed by atoms with van der Waals surface area (Å²) in [4.78, 5) is 1.29. The molecule has 0 fully saturated rings. The van der Waals surface area contributed by atoms with Crippen molar-refractivity contribution in [1.82, 2.24) is 15.1 Å². The molecule has 2 aromatic rings. The van der Waals surface area contributed by atoms with Gasteiger partial charge >= 0.3 is 0 Å². The standard InChI is InChI=1S/C12H16BrN3S/c1-8-12(10-4-5-11(13)17-10)9(6-7-14-2)15-16(8)3/h4-5,14H,6-7H2,1-3H3. The van der Waals surface area contributed by atoms with Crippen LogP contribution in [0.2, 0.25) is 0 Å². The molecule has 92 valence electrons. The third-order valence-corrected chi connectivity index (χ3v) is 4.48. The minimum atomic E-state index is 0.954. The third-order valence-electron chi connectivity index (χ3n) is 2.84. The van der Waals surface area contributed by atoms with E-state index in [0.29, 0.717) is 0 Å². The van der Waals surface area contributed by atoms with Crippen LogP contribution in [-0.4, -0.2) is 23.4 Å². The summed E-state index contributed by atoms with van der Waals surface area (Å²) in [5, 5.41) is 7.78. The van der Waals surface area contributed by atoms with Gasteiger partial charge in [0.25, 0.3) is 0 Å². The van der Waals surface area contributed by atoms with Crippen molar-refractivity contribution in [1.29, 1.82) is 0 Å². The van der Waals surface area contributed by atoms with E-state index in [-0.39, 0.29) is 0 Å². The van der Waals surface area contributed by atoms with Crippen molar-refractivity contribution in [3.8, 4) is 10.4 Å². The Kier molecular flexibility index (Phi) is 4.01. The van der Waals surface area contributed by atoms with Crippen molar-refractivity contribution in [2.75, 3.05) is 13.6 Å². The maximum atomic E-state index is 4.60. The van der Waals surface area contributed by atoms with Crippen LogP contribution in [-0.2, 0) is 13.5 Å². The Morgan fingerprint density at radius 2 is 2.24 bits per heavy atom. The molecular formula is C12H16BrN3S. The number of thiophene rings is 1. The van der Waals surface area contributed by atoms with Gasteiger partial charge in [0, 0.05) is 36.1 Å². The highest BCUT2D eigenvalue weighted by Gasteiger charge is 2.15. The first-order chi connectivity index (χ1) is 8.13. The molecule has 0 aliphatic rings. The van der Waals surface area contributed by atoms with E-state index in [1.165, 1.54) is 21.8 Å². The first-order valence-corrected chi connectivity index (χ1v) is 7.17. The number of rotatable bonds is 4. The number of aryl methyl sites for hydroxylation is 1. The summed E-state index contributed by atoms with van der Waals surface area (Å²) >= 11 is 5.28. The van der Waals surface area contributed by atoms with Gasteiger partial charge in [-0.05, 0) is 42.0 Å². The van der Waals surface area contributed by atoms with Gasteiger partial charge in [0.1, 0.15) is 0 Å². The minimum Gasteiger partial charge on any atom is -0.319 e. The lowest BCUT2D eigenvalue weighted by molar-refractivity contribution is 0.703. The van der Waals surface area contributed by atoms with E-state index in [9.17, 15) is 0 Å². The molecule has 0 saturated heterocycles. The van der Waals surface area contributed by atoms with Gasteiger partial charge < -0.3 is 5.32 Å². The maximum absolute atomic E-state index is 4.60. The van der Waals surface area contributed by atoms with Gasteiger partial charge in [0.15, 0.2) is 0 Å². The number of nitrogens with one attached hydrogen (secondary N) is 1. The number of likely N-dealkylation sites (N-methyl/N-ethyl adjacent to an activating group) is 1. The maximum Gasteiger partial charge on any atom is 0.0726 e. The summed E-state index contributed by atoms with van der Waals surface area (Å²) in [6, 6.07) is 4.25. The predicted molar refractivity (Wildman–Crippen MR) is 76.6 cm³/mol. The van der Waals surface area contributed by atoms with Gasteiger partial charge in [-0.2, -0.15) is 5.10 Å². The molecule has 0 amide bonds. The first kappa shape index (κ1) is 12.8. The molecule has 0 aromatic carbocycles. The zero-order chi connectivity index (χ0) is 12.4. The van der Waals surface area contributed by atoms with Crippen LogP contribution in [0, 0.1) is 6.92 Å². The summed E-state index contributed by atoms with van der Waals surface area (Å²) in [5.41, 5.74) is 3.69. The van der Waals surface area contributed by atoms with E-state index >= 15 is 0 Å². The number of aromatic nitrogens is 2. The molecule has 2 aromatic heterocycles. The van der Waals surface area contributed by atoms with Crippen LogP contribution in [0.15, 0.2) is 15.9 Å².